The fourth-order valence-electron chi connectivity index (χ4n) is 2.71. The van der Waals surface area contributed by atoms with Gasteiger partial charge >= 0.3 is 0 Å². The molecular weight excluding hydrogens is 602 g/mol. The molecule has 2 heterocycles. The summed E-state index contributed by atoms with van der Waals surface area (Å²) in [5, 5.41) is 5.62. The number of pyridine rings is 1. The Labute approximate surface area is 146 Å². The summed E-state index contributed by atoms with van der Waals surface area (Å²) in [7, 11) is -3.29. The number of benzene rings is 1. The second-order valence-electron chi connectivity index (χ2n) is 5.84. The van der Waals surface area contributed by atoms with E-state index in [0.717, 1.165) is 29.2 Å². The number of sulfone groups is 1. The molecule has 1 aliphatic rings. The number of hydrogen-bond donors (Lipinski definition) is 1. The summed E-state index contributed by atoms with van der Waals surface area (Å²) < 4.78 is 22.7. The zero-order valence-electron chi connectivity index (χ0n) is 14.4. The SMILES string of the molecule is CCCc1ccc2cc(C(=O)[N-][C@@H]3C=CS(=O)(=O)C3)c(=O)[nH]c2c1.[CH3-].[Lr]. The third-order valence-electron chi connectivity index (χ3n) is 3.87. The summed E-state index contributed by atoms with van der Waals surface area (Å²) >= 11 is 0. The largest absolute Gasteiger partial charge is 0.642 e. The average molecular weight is 622 g/mol. The number of aromatic amines is 1. The third kappa shape index (κ3) is 4.16. The molecule has 0 unspecified atom stereocenters. The van der Waals surface area contributed by atoms with E-state index in [1.807, 2.05) is 18.2 Å². The zero-order valence-corrected chi connectivity index (χ0v) is 17.4. The van der Waals surface area contributed by atoms with E-state index in [4.69, 9.17) is 0 Å². The van der Waals surface area contributed by atoms with Gasteiger partial charge in [-0.15, -0.1) is 0 Å². The average Bonchev–Trinajstić information content (AvgIpc) is 2.85. The number of nitrogens with zero attached hydrogens (tertiary/aromatic N) is 1. The van der Waals surface area contributed by atoms with Crippen molar-refractivity contribution < 1.29 is 13.2 Å². The molecule has 0 spiro atoms. The Morgan fingerprint density at radius 3 is 2.65 bits per heavy atom. The number of aryl methyl sites for hydroxylation is 1. The smallest absolute Gasteiger partial charge is 0.257 e. The molecule has 0 saturated heterocycles. The molecule has 1 aromatic carbocycles. The molecule has 1 aliphatic heterocycles. The van der Waals surface area contributed by atoms with E-state index in [0.29, 0.717) is 5.52 Å². The predicted molar refractivity (Wildman–Crippen MR) is 99.4 cm³/mol. The van der Waals surface area contributed by atoms with Gasteiger partial charge in [0.2, 0.25) is 0 Å². The molecule has 6 nitrogen and oxygen atoms in total. The van der Waals surface area contributed by atoms with Gasteiger partial charge in [-0.05, 0) is 29.5 Å². The molecule has 1 amide bonds. The number of nitrogens with one attached hydrogen (secondary N) is 1. The molecule has 8 heteroatoms. The molecule has 1 radical (unpaired) electrons. The fraction of sp³-hybridized carbons (Fsp3) is 0.278. The Morgan fingerprint density at radius 1 is 1.31 bits per heavy atom. The Kier molecular flexibility index (Phi) is 6.07. The van der Waals surface area contributed by atoms with Crippen LogP contribution < -0.4 is 5.56 Å². The standard InChI is InChI=1S/C17H18N2O4S.CH3.Lr/c1-2-3-11-4-5-12-9-14(17(21)19-15(12)8-11)16(20)18-13-6-7-24(22,23)10-13;;/h4-9,13H,2-3,10H2,1H3,(H2,18,19,20,21);1H3;/q;-1;/p-1/t13-;;/m1../s1. The Hall–Kier alpha value is -3.41. The maximum atomic E-state index is 12.2. The van der Waals surface area contributed by atoms with Crippen LogP contribution in [-0.2, 0) is 16.3 Å². The molecule has 1 N–H and O–H groups in total. The molecule has 26 heavy (non-hydrogen) atoms. The summed E-state index contributed by atoms with van der Waals surface area (Å²) in [4.78, 5) is 27.1. The Morgan fingerprint density at radius 2 is 2.04 bits per heavy atom. The van der Waals surface area contributed by atoms with Gasteiger partial charge in [-0.3, -0.25) is 4.79 Å². The molecule has 149 valence electrons. The number of H-pyrrole nitrogens is 1. The first kappa shape index (κ1) is 20.6. The normalized spacial score (nSPS) is 17.3. The first-order chi connectivity index (χ1) is 11.4. The fourth-order valence-corrected chi connectivity index (χ4v) is 3.90. The molecule has 2 aromatic rings. The zero-order chi connectivity index (χ0) is 17.3. The summed E-state index contributed by atoms with van der Waals surface area (Å²) in [6.45, 7) is 2.08. The van der Waals surface area contributed by atoms with Gasteiger partial charge in [0.05, 0.1) is 11.5 Å². The number of aromatic nitrogens is 1. The van der Waals surface area contributed by atoms with Crippen LogP contribution in [0, 0.1) is 7.43 Å². The minimum atomic E-state index is -3.29. The number of hydrogen-bond acceptors (Lipinski definition) is 4. The van der Waals surface area contributed by atoms with Crippen molar-refractivity contribution in [2.75, 3.05) is 5.75 Å². The van der Waals surface area contributed by atoms with Crippen molar-refractivity contribution in [3.63, 3.8) is 0 Å². The minimum Gasteiger partial charge on any atom is -0.642 e. The van der Waals surface area contributed by atoms with Crippen molar-refractivity contribution in [1.82, 2.24) is 4.98 Å². The van der Waals surface area contributed by atoms with Crippen LogP contribution in [-0.4, -0.2) is 31.1 Å². The number of carbonyl (C=O) groups is 1. The van der Waals surface area contributed by atoms with E-state index in [2.05, 4.69) is 17.2 Å². The van der Waals surface area contributed by atoms with E-state index < -0.39 is 27.3 Å². The molecule has 1 atom stereocenters. The van der Waals surface area contributed by atoms with Crippen molar-refractivity contribution >= 4 is 26.6 Å². The Balaban J connectivity index is 0.00000169. The first-order valence-electron chi connectivity index (χ1n) is 7.70. The van der Waals surface area contributed by atoms with E-state index in [1.165, 1.54) is 12.1 Å². The summed E-state index contributed by atoms with van der Waals surface area (Å²) in [6, 6.07) is 6.49. The van der Waals surface area contributed by atoms with Crippen LogP contribution >= 0.6 is 0 Å². The molecule has 1 aromatic heterocycles. The van der Waals surface area contributed by atoms with Crippen LogP contribution in [0.25, 0.3) is 16.2 Å². The van der Waals surface area contributed by atoms with E-state index in [-0.39, 0.29) is 18.7 Å². The third-order valence-corrected chi connectivity index (χ3v) is 5.25. The number of carbonyl (C=O) groups excluding carboxylic acids is 1. The minimum absolute atomic E-state index is 0. The van der Waals surface area contributed by atoms with Gasteiger partial charge in [-0.1, -0.05) is 37.6 Å². The van der Waals surface area contributed by atoms with E-state index in [9.17, 15) is 18.0 Å². The van der Waals surface area contributed by atoms with E-state index in [1.54, 1.807) is 0 Å². The van der Waals surface area contributed by atoms with Crippen molar-refractivity contribution in [3.05, 3.63) is 70.0 Å². The molecule has 0 aliphatic carbocycles. The van der Waals surface area contributed by atoms with Gasteiger partial charge in [0.1, 0.15) is 0 Å². The van der Waals surface area contributed by atoms with Gasteiger partial charge in [-0.2, -0.15) is 0 Å². The van der Waals surface area contributed by atoms with Gasteiger partial charge in [0, 0.05) is 16.7 Å². The van der Waals surface area contributed by atoms with Crippen LogP contribution in [0.3, 0.4) is 0 Å². The Bertz CT molecular complexity index is 996. The topological polar surface area (TPSA) is 98.2 Å². The van der Waals surface area contributed by atoms with Crippen molar-refractivity contribution in [3.8, 4) is 0 Å². The predicted octanol–water partition coefficient (Wildman–Crippen LogP) is 2.76. The van der Waals surface area contributed by atoms with Crippen LogP contribution in [0.5, 0.6) is 0 Å². The van der Waals surface area contributed by atoms with Crippen LogP contribution in [0.15, 0.2) is 40.5 Å². The number of rotatable bonds is 4. The molecular formula is C18H20LrN2O4S-2. The summed E-state index contributed by atoms with van der Waals surface area (Å²) in [5.74, 6) is -0.938. The second-order valence-corrected chi connectivity index (χ2v) is 7.77. The van der Waals surface area contributed by atoms with Crippen LogP contribution in [0.2, 0.25) is 0 Å². The summed E-state index contributed by atoms with van der Waals surface area (Å²) in [5.41, 5.74) is 1.19. The van der Waals surface area contributed by atoms with Gasteiger partial charge in [0.25, 0.3) is 5.56 Å². The monoisotopic (exact) mass is 622 g/mol. The molecule has 0 fully saturated rings. The molecule has 0 bridgehead atoms. The first-order valence-corrected chi connectivity index (χ1v) is 9.41. The van der Waals surface area contributed by atoms with Crippen LogP contribution in [0.4, 0.5) is 0 Å². The maximum Gasteiger partial charge on any atom is 0.257 e. The number of amides is 1. The van der Waals surface area contributed by atoms with Gasteiger partial charge in [0.15, 0.2) is 9.84 Å². The molecule has 3 rings (SSSR count). The summed E-state index contributed by atoms with van der Waals surface area (Å²) in [6.07, 6.45) is 3.28. The van der Waals surface area contributed by atoms with Gasteiger partial charge in [-0.25, -0.2) is 8.42 Å². The second kappa shape index (κ2) is 7.65. The van der Waals surface area contributed by atoms with E-state index >= 15 is 0 Å². The van der Waals surface area contributed by atoms with Crippen molar-refractivity contribution in [2.24, 2.45) is 0 Å². The van der Waals surface area contributed by atoms with Crippen LogP contribution in [0.1, 0.15) is 29.3 Å². The molecule has 0 saturated carbocycles. The van der Waals surface area contributed by atoms with Crippen molar-refractivity contribution in [2.45, 2.75) is 25.8 Å². The maximum absolute atomic E-state index is 12.2. The van der Waals surface area contributed by atoms with Gasteiger partial charge < -0.3 is 22.5 Å². The number of fused-ring (bicyclic) bond motifs is 1. The van der Waals surface area contributed by atoms with Crippen molar-refractivity contribution in [1.29, 1.82) is 0 Å². The quantitative estimate of drug-likeness (QED) is 0.531.